The Balaban J connectivity index is 1.64. The summed E-state index contributed by atoms with van der Waals surface area (Å²) in [4.78, 5) is 0. The zero-order chi connectivity index (χ0) is 11.7. The van der Waals surface area contributed by atoms with Crippen LogP contribution in [0.25, 0.3) is 0 Å². The Morgan fingerprint density at radius 2 is 2.47 bits per heavy atom. The lowest BCUT2D eigenvalue weighted by atomic mass is 10.4. The molecule has 0 saturated heterocycles. The monoisotopic (exact) mass is 285 g/mol. The van der Waals surface area contributed by atoms with Crippen LogP contribution in [0.2, 0.25) is 4.34 Å². The number of nitrogens with zero attached hydrogens (tertiary/aromatic N) is 1. The first-order valence-electron chi connectivity index (χ1n) is 4.89. The molecule has 3 heterocycles. The van der Waals surface area contributed by atoms with Gasteiger partial charge in [0.05, 0.1) is 22.8 Å². The van der Waals surface area contributed by atoms with Gasteiger partial charge in [0.2, 0.25) is 5.96 Å². The Kier molecular flexibility index (Phi) is 3.00. The van der Waals surface area contributed by atoms with Gasteiger partial charge in [-0.1, -0.05) is 11.6 Å². The fraction of sp³-hybridized carbons (Fsp3) is 0.100. The van der Waals surface area contributed by atoms with Crippen LogP contribution in [-0.4, -0.2) is 5.96 Å². The maximum absolute atomic E-state index is 5.94. The molecule has 0 atom stereocenters. The summed E-state index contributed by atoms with van der Waals surface area (Å²) in [6.45, 7) is 0.604. The van der Waals surface area contributed by atoms with E-state index in [1.807, 2.05) is 18.2 Å². The molecule has 2 aromatic rings. The van der Waals surface area contributed by atoms with E-state index in [1.54, 1.807) is 6.26 Å². The van der Waals surface area contributed by atoms with Crippen LogP contribution in [0.5, 0.6) is 0 Å². The molecule has 7 heteroatoms. The fourth-order valence-corrected chi connectivity index (χ4v) is 3.47. The molecule has 1 aliphatic heterocycles. The van der Waals surface area contributed by atoms with Crippen LogP contribution in [-0.2, 0) is 6.54 Å². The summed E-state index contributed by atoms with van der Waals surface area (Å²) in [5.74, 6) is 1.59. The van der Waals surface area contributed by atoms with Crippen molar-refractivity contribution in [2.24, 2.45) is 4.40 Å². The van der Waals surface area contributed by atoms with Crippen molar-refractivity contribution in [3.8, 4) is 0 Å². The molecule has 4 nitrogen and oxygen atoms in total. The fourth-order valence-electron chi connectivity index (χ4n) is 1.40. The summed E-state index contributed by atoms with van der Waals surface area (Å²) in [5, 5.41) is 6.34. The quantitative estimate of drug-likeness (QED) is 0.828. The number of nitrogens with one attached hydrogen (secondary N) is 2. The molecule has 0 amide bonds. The number of hydrogen-bond donors (Lipinski definition) is 2. The summed E-state index contributed by atoms with van der Waals surface area (Å²) in [5.41, 5.74) is 1.00. The van der Waals surface area contributed by atoms with Gasteiger partial charge < -0.3 is 15.1 Å². The van der Waals surface area contributed by atoms with Gasteiger partial charge in [-0.2, -0.15) is 4.40 Å². The molecule has 3 rings (SSSR count). The predicted octanol–water partition coefficient (Wildman–Crippen LogP) is 3.57. The Labute approximate surface area is 111 Å². The predicted molar refractivity (Wildman–Crippen MR) is 71.8 cm³/mol. The second kappa shape index (κ2) is 4.64. The number of rotatable bonds is 2. The molecule has 17 heavy (non-hydrogen) atoms. The summed E-state index contributed by atoms with van der Waals surface area (Å²) < 4.78 is 11.4. The molecule has 0 radical (unpaired) electrons. The van der Waals surface area contributed by atoms with Gasteiger partial charge in [-0.15, -0.1) is 11.3 Å². The third-order valence-electron chi connectivity index (χ3n) is 2.15. The summed E-state index contributed by atoms with van der Waals surface area (Å²) in [6.07, 6.45) is 1.65. The number of halogens is 1. The van der Waals surface area contributed by atoms with Crippen LogP contribution in [0.1, 0.15) is 5.76 Å². The molecule has 2 N–H and O–H groups in total. The number of guanidine groups is 1. The number of fused-ring (bicyclic) bond motifs is 1. The molecule has 0 unspecified atom stereocenters. The highest BCUT2D eigenvalue weighted by Crippen LogP contribution is 2.41. The van der Waals surface area contributed by atoms with Gasteiger partial charge >= 0.3 is 0 Å². The zero-order valence-corrected chi connectivity index (χ0v) is 11.0. The van der Waals surface area contributed by atoms with E-state index in [4.69, 9.17) is 16.0 Å². The Hall–Kier alpha value is -1.11. The molecule has 2 aromatic heterocycles. The standard InChI is InChI=1S/C10H8ClN3OS2/c11-8-4-7-9(16-8)17-14-10(13-7)12-5-6-2-1-3-15-6/h1-4H,5H2,(H2,12,13,14). The average molecular weight is 286 g/mol. The molecule has 0 aliphatic carbocycles. The number of hydrogen-bond acceptors (Lipinski definition) is 6. The van der Waals surface area contributed by atoms with Crippen molar-refractivity contribution in [1.29, 1.82) is 0 Å². The van der Waals surface area contributed by atoms with E-state index < -0.39 is 0 Å². The van der Waals surface area contributed by atoms with E-state index in [1.165, 1.54) is 23.3 Å². The van der Waals surface area contributed by atoms with Gasteiger partial charge in [0.25, 0.3) is 0 Å². The van der Waals surface area contributed by atoms with Crippen LogP contribution >= 0.6 is 34.9 Å². The SMILES string of the molecule is Clc1cc2c(s1)SN=C(NCc1ccco1)N2. The van der Waals surface area contributed by atoms with Gasteiger partial charge in [0.1, 0.15) is 9.97 Å². The largest absolute Gasteiger partial charge is 0.467 e. The van der Waals surface area contributed by atoms with Crippen LogP contribution in [0, 0.1) is 0 Å². The molecule has 0 fully saturated rings. The average Bonchev–Trinajstić information content (AvgIpc) is 2.92. The van der Waals surface area contributed by atoms with E-state index in [-0.39, 0.29) is 0 Å². The molecule has 0 spiro atoms. The van der Waals surface area contributed by atoms with Crippen molar-refractivity contribution in [1.82, 2.24) is 5.32 Å². The van der Waals surface area contributed by atoms with E-state index in [9.17, 15) is 0 Å². The van der Waals surface area contributed by atoms with Gasteiger partial charge in [0.15, 0.2) is 0 Å². The molecule has 0 bridgehead atoms. The number of furan rings is 1. The third kappa shape index (κ3) is 2.43. The van der Waals surface area contributed by atoms with Gasteiger partial charge in [-0.3, -0.25) is 0 Å². The highest BCUT2D eigenvalue weighted by Gasteiger charge is 2.15. The minimum atomic E-state index is 0.604. The van der Waals surface area contributed by atoms with Crippen molar-refractivity contribution >= 4 is 46.5 Å². The topological polar surface area (TPSA) is 49.6 Å². The minimum Gasteiger partial charge on any atom is -0.467 e. The molecular formula is C10H8ClN3OS2. The first kappa shape index (κ1) is 11.0. The number of anilines is 1. The summed E-state index contributed by atoms with van der Waals surface area (Å²) in [7, 11) is 0. The molecule has 88 valence electrons. The maximum atomic E-state index is 5.94. The van der Waals surface area contributed by atoms with Gasteiger partial charge in [-0.25, -0.2) is 0 Å². The van der Waals surface area contributed by atoms with E-state index in [0.717, 1.165) is 20.0 Å². The zero-order valence-electron chi connectivity index (χ0n) is 8.57. The molecule has 0 aromatic carbocycles. The molecular weight excluding hydrogens is 278 g/mol. The second-order valence-electron chi connectivity index (χ2n) is 3.34. The van der Waals surface area contributed by atoms with Crippen molar-refractivity contribution in [3.63, 3.8) is 0 Å². The Morgan fingerprint density at radius 1 is 1.53 bits per heavy atom. The first-order valence-corrected chi connectivity index (χ1v) is 6.86. The van der Waals surface area contributed by atoms with Gasteiger partial charge in [-0.05, 0) is 18.2 Å². The molecule has 1 aliphatic rings. The van der Waals surface area contributed by atoms with Crippen molar-refractivity contribution < 1.29 is 4.42 Å². The minimum absolute atomic E-state index is 0.604. The van der Waals surface area contributed by atoms with Crippen LogP contribution in [0.3, 0.4) is 0 Å². The van der Waals surface area contributed by atoms with Crippen molar-refractivity contribution in [2.45, 2.75) is 10.8 Å². The van der Waals surface area contributed by atoms with Crippen LogP contribution < -0.4 is 10.6 Å². The van der Waals surface area contributed by atoms with E-state index >= 15 is 0 Å². The van der Waals surface area contributed by atoms with Crippen molar-refractivity contribution in [2.75, 3.05) is 5.32 Å². The second-order valence-corrected chi connectivity index (χ2v) is 6.06. The summed E-state index contributed by atoms with van der Waals surface area (Å²) in [6, 6.07) is 5.67. The first-order chi connectivity index (χ1) is 8.31. The Morgan fingerprint density at radius 3 is 3.29 bits per heavy atom. The molecule has 0 saturated carbocycles. The van der Waals surface area contributed by atoms with E-state index in [2.05, 4.69) is 15.0 Å². The Bertz CT molecular complexity index is 550. The maximum Gasteiger partial charge on any atom is 0.208 e. The lowest BCUT2D eigenvalue weighted by molar-refractivity contribution is 0.503. The number of thiophene rings is 1. The lowest BCUT2D eigenvalue weighted by Crippen LogP contribution is -2.30. The van der Waals surface area contributed by atoms with E-state index in [0.29, 0.717) is 12.5 Å². The van der Waals surface area contributed by atoms with Crippen LogP contribution in [0.4, 0.5) is 5.69 Å². The highest BCUT2D eigenvalue weighted by atomic mass is 35.5. The normalized spacial score (nSPS) is 13.8. The van der Waals surface area contributed by atoms with Gasteiger partial charge in [0, 0.05) is 11.9 Å². The van der Waals surface area contributed by atoms with Crippen LogP contribution in [0.15, 0.2) is 37.5 Å². The third-order valence-corrected chi connectivity index (χ3v) is 4.34. The smallest absolute Gasteiger partial charge is 0.208 e. The highest BCUT2D eigenvalue weighted by molar-refractivity contribution is 8.00. The van der Waals surface area contributed by atoms with Crippen molar-refractivity contribution in [3.05, 3.63) is 34.6 Å². The lowest BCUT2D eigenvalue weighted by Gasteiger charge is -2.14. The summed E-state index contributed by atoms with van der Waals surface area (Å²) >= 11 is 8.88.